The van der Waals surface area contributed by atoms with Crippen molar-refractivity contribution in [2.24, 2.45) is 5.73 Å². The molecule has 1 aromatic heterocycles. The molecule has 0 unspecified atom stereocenters. The first-order valence-electron chi connectivity index (χ1n) is 7.91. The van der Waals surface area contributed by atoms with Gasteiger partial charge in [0.25, 0.3) is 5.91 Å². The number of rotatable bonds is 5. The Morgan fingerprint density at radius 2 is 2.30 bits per heavy atom. The minimum Gasteiger partial charge on any atom is -0.493 e. The molecule has 0 saturated carbocycles. The number of carbonyl (C=O) groups excluding carboxylic acids is 1. The second-order valence-electron chi connectivity index (χ2n) is 5.56. The number of nitrogens with one attached hydrogen (secondary N) is 1. The van der Waals surface area contributed by atoms with Gasteiger partial charge in [-0.05, 0) is 44.5 Å². The van der Waals surface area contributed by atoms with Crippen LogP contribution in [0.15, 0.2) is 24.4 Å². The first kappa shape index (κ1) is 15.6. The number of hydrogen-bond acceptors (Lipinski definition) is 5. The van der Waals surface area contributed by atoms with Gasteiger partial charge in [0.2, 0.25) is 0 Å². The standard InChI is InChI=1S/C17H21N3O3/c1-2-22-16-9-12-14(8-13(16)17(18)21)20-7-5-15(12)23-11-4-3-6-19-10-11/h5,7-9,11,19H,2-4,6,10H2,1H3,(H2,18,21)/t11-/m1/s1. The summed E-state index contributed by atoms with van der Waals surface area (Å²) in [4.78, 5) is 15.9. The van der Waals surface area contributed by atoms with Gasteiger partial charge >= 0.3 is 0 Å². The number of nitrogens with two attached hydrogens (primary N) is 1. The van der Waals surface area contributed by atoms with Gasteiger partial charge in [-0.1, -0.05) is 0 Å². The summed E-state index contributed by atoms with van der Waals surface area (Å²) in [5, 5.41) is 4.16. The average molecular weight is 315 g/mol. The summed E-state index contributed by atoms with van der Waals surface area (Å²) in [6.07, 6.45) is 3.94. The van der Waals surface area contributed by atoms with Crippen molar-refractivity contribution in [1.82, 2.24) is 10.3 Å². The van der Waals surface area contributed by atoms with Crippen LogP contribution in [-0.4, -0.2) is 36.7 Å². The Kier molecular flexibility index (Phi) is 4.62. The summed E-state index contributed by atoms with van der Waals surface area (Å²) in [6.45, 7) is 4.19. The fourth-order valence-corrected chi connectivity index (χ4v) is 2.82. The molecule has 1 aromatic carbocycles. The molecule has 3 N–H and O–H groups in total. The van der Waals surface area contributed by atoms with Crippen LogP contribution >= 0.6 is 0 Å². The lowest BCUT2D eigenvalue weighted by molar-refractivity contribution is 0.0996. The Bertz CT molecular complexity index is 712. The summed E-state index contributed by atoms with van der Waals surface area (Å²) < 4.78 is 11.7. The normalized spacial score (nSPS) is 17.9. The molecular weight excluding hydrogens is 294 g/mol. The van der Waals surface area contributed by atoms with Crippen molar-refractivity contribution >= 4 is 16.8 Å². The number of nitrogens with zero attached hydrogens (tertiary/aromatic N) is 1. The van der Waals surface area contributed by atoms with Crippen LogP contribution in [0.5, 0.6) is 11.5 Å². The van der Waals surface area contributed by atoms with Gasteiger partial charge in [-0.25, -0.2) is 0 Å². The first-order chi connectivity index (χ1) is 11.2. The Morgan fingerprint density at radius 1 is 1.43 bits per heavy atom. The van der Waals surface area contributed by atoms with Crippen LogP contribution in [0.3, 0.4) is 0 Å². The van der Waals surface area contributed by atoms with E-state index < -0.39 is 5.91 Å². The smallest absolute Gasteiger partial charge is 0.252 e. The maximum Gasteiger partial charge on any atom is 0.252 e. The highest BCUT2D eigenvalue weighted by Gasteiger charge is 2.18. The molecule has 1 atom stereocenters. The topological polar surface area (TPSA) is 86.5 Å². The second kappa shape index (κ2) is 6.83. The number of hydrogen-bond donors (Lipinski definition) is 2. The zero-order chi connectivity index (χ0) is 16.2. The van der Waals surface area contributed by atoms with E-state index in [2.05, 4.69) is 10.3 Å². The van der Waals surface area contributed by atoms with Crippen LogP contribution in [0.25, 0.3) is 10.9 Å². The van der Waals surface area contributed by atoms with Gasteiger partial charge in [0, 0.05) is 18.1 Å². The molecule has 6 nitrogen and oxygen atoms in total. The Hall–Kier alpha value is -2.34. The Balaban J connectivity index is 2.01. The van der Waals surface area contributed by atoms with Gasteiger partial charge in [-0.3, -0.25) is 9.78 Å². The summed E-state index contributed by atoms with van der Waals surface area (Å²) in [5.41, 5.74) is 6.44. The third-order valence-corrected chi connectivity index (χ3v) is 3.91. The van der Waals surface area contributed by atoms with Crippen molar-refractivity contribution in [3.8, 4) is 11.5 Å². The van der Waals surface area contributed by atoms with Gasteiger partial charge in [0.1, 0.15) is 17.6 Å². The zero-order valence-corrected chi connectivity index (χ0v) is 13.2. The van der Waals surface area contributed by atoms with Crippen molar-refractivity contribution in [1.29, 1.82) is 0 Å². The molecule has 0 aliphatic carbocycles. The average Bonchev–Trinajstić information content (AvgIpc) is 2.56. The number of piperidine rings is 1. The van der Waals surface area contributed by atoms with Crippen LogP contribution in [0.2, 0.25) is 0 Å². The molecule has 2 aromatic rings. The van der Waals surface area contributed by atoms with E-state index in [-0.39, 0.29) is 6.10 Å². The van der Waals surface area contributed by atoms with E-state index in [9.17, 15) is 4.79 Å². The molecule has 1 fully saturated rings. The van der Waals surface area contributed by atoms with Gasteiger partial charge in [-0.15, -0.1) is 0 Å². The fraction of sp³-hybridized carbons (Fsp3) is 0.412. The van der Waals surface area contributed by atoms with E-state index in [1.54, 1.807) is 18.3 Å². The maximum atomic E-state index is 11.6. The van der Waals surface area contributed by atoms with Crippen molar-refractivity contribution in [2.45, 2.75) is 25.9 Å². The quantitative estimate of drug-likeness (QED) is 0.879. The molecule has 1 aliphatic heterocycles. The molecule has 3 rings (SSSR count). The van der Waals surface area contributed by atoms with Gasteiger partial charge in [-0.2, -0.15) is 0 Å². The molecule has 1 amide bonds. The summed E-state index contributed by atoms with van der Waals surface area (Å²) in [6, 6.07) is 5.29. The number of ether oxygens (including phenoxy) is 2. The molecule has 6 heteroatoms. The fourth-order valence-electron chi connectivity index (χ4n) is 2.82. The van der Waals surface area contributed by atoms with Crippen LogP contribution in [0.4, 0.5) is 0 Å². The zero-order valence-electron chi connectivity index (χ0n) is 13.2. The SMILES string of the molecule is CCOc1cc2c(O[C@@H]3CCCNC3)ccnc2cc1C(N)=O. The number of carbonyl (C=O) groups is 1. The van der Waals surface area contributed by atoms with Crippen LogP contribution < -0.4 is 20.5 Å². The van der Waals surface area contributed by atoms with Crippen molar-refractivity contribution < 1.29 is 14.3 Å². The molecule has 1 aliphatic rings. The lowest BCUT2D eigenvalue weighted by atomic mass is 10.1. The van der Waals surface area contributed by atoms with Gasteiger partial charge < -0.3 is 20.5 Å². The summed E-state index contributed by atoms with van der Waals surface area (Å²) >= 11 is 0. The van der Waals surface area contributed by atoms with Crippen LogP contribution in [0.1, 0.15) is 30.1 Å². The molecule has 0 spiro atoms. The van der Waals surface area contributed by atoms with E-state index in [4.69, 9.17) is 15.2 Å². The largest absolute Gasteiger partial charge is 0.493 e. The molecule has 2 heterocycles. The van der Waals surface area contributed by atoms with Crippen LogP contribution in [-0.2, 0) is 0 Å². The van der Waals surface area contributed by atoms with Crippen LogP contribution in [0, 0.1) is 0 Å². The maximum absolute atomic E-state index is 11.6. The molecule has 122 valence electrons. The highest BCUT2D eigenvalue weighted by atomic mass is 16.5. The highest BCUT2D eigenvalue weighted by molar-refractivity contribution is 6.01. The molecule has 23 heavy (non-hydrogen) atoms. The minimum atomic E-state index is -0.528. The first-order valence-corrected chi connectivity index (χ1v) is 7.91. The lowest BCUT2D eigenvalue weighted by Gasteiger charge is -2.24. The number of fused-ring (bicyclic) bond motifs is 1. The molecular formula is C17H21N3O3. The third-order valence-electron chi connectivity index (χ3n) is 3.91. The molecule has 0 bridgehead atoms. The minimum absolute atomic E-state index is 0.140. The van der Waals surface area contributed by atoms with Gasteiger partial charge in [0.15, 0.2) is 0 Å². The summed E-state index contributed by atoms with van der Waals surface area (Å²) in [7, 11) is 0. The van der Waals surface area contributed by atoms with Crippen molar-refractivity contribution in [3.63, 3.8) is 0 Å². The van der Waals surface area contributed by atoms with E-state index in [1.165, 1.54) is 0 Å². The monoisotopic (exact) mass is 315 g/mol. The summed E-state index contributed by atoms with van der Waals surface area (Å²) in [5.74, 6) is 0.688. The highest BCUT2D eigenvalue weighted by Crippen LogP contribution is 2.32. The Morgan fingerprint density at radius 3 is 3.00 bits per heavy atom. The lowest BCUT2D eigenvalue weighted by Crippen LogP contribution is -2.37. The van der Waals surface area contributed by atoms with E-state index >= 15 is 0 Å². The number of aromatic nitrogens is 1. The van der Waals surface area contributed by atoms with E-state index in [0.29, 0.717) is 23.4 Å². The molecule has 1 saturated heterocycles. The predicted molar refractivity (Wildman–Crippen MR) is 87.9 cm³/mol. The number of amides is 1. The predicted octanol–water partition coefficient (Wildman–Crippen LogP) is 1.86. The van der Waals surface area contributed by atoms with E-state index in [0.717, 1.165) is 37.1 Å². The Labute approximate surface area is 135 Å². The number of primary amides is 1. The van der Waals surface area contributed by atoms with Gasteiger partial charge in [0.05, 0.1) is 17.7 Å². The molecule has 0 radical (unpaired) electrons. The third kappa shape index (κ3) is 3.37. The number of pyridine rings is 1. The van der Waals surface area contributed by atoms with Crippen molar-refractivity contribution in [3.05, 3.63) is 30.0 Å². The van der Waals surface area contributed by atoms with Crippen molar-refractivity contribution in [2.75, 3.05) is 19.7 Å². The number of benzene rings is 1. The van der Waals surface area contributed by atoms with E-state index in [1.807, 2.05) is 13.0 Å². The second-order valence-corrected chi connectivity index (χ2v) is 5.56.